The second-order valence-corrected chi connectivity index (χ2v) is 6.78. The van der Waals surface area contributed by atoms with Gasteiger partial charge in [-0.3, -0.25) is 4.90 Å². The molecule has 3 aliphatic heterocycles. The van der Waals surface area contributed by atoms with Crippen molar-refractivity contribution in [2.75, 3.05) is 27.6 Å². The Morgan fingerprint density at radius 2 is 1.84 bits per heavy atom. The monoisotopic (exact) mass is 339 g/mol. The molecule has 0 N–H and O–H groups in total. The molecule has 2 aromatic rings. The highest BCUT2D eigenvalue weighted by atomic mass is 16.7. The molecule has 1 atom stereocenters. The number of nitrogens with zero attached hydrogens (tertiary/aromatic N) is 1. The summed E-state index contributed by atoms with van der Waals surface area (Å²) in [6, 6.07) is 8.91. The van der Waals surface area contributed by atoms with E-state index >= 15 is 0 Å². The van der Waals surface area contributed by atoms with Gasteiger partial charge >= 0.3 is 0 Å². The third kappa shape index (κ3) is 2.19. The highest BCUT2D eigenvalue weighted by Gasteiger charge is 2.36. The van der Waals surface area contributed by atoms with Crippen LogP contribution in [-0.2, 0) is 19.4 Å². The first-order valence-corrected chi connectivity index (χ1v) is 8.67. The summed E-state index contributed by atoms with van der Waals surface area (Å²) in [7, 11) is 3.41. The van der Waals surface area contributed by atoms with Crippen LogP contribution in [0.5, 0.6) is 23.0 Å². The first-order chi connectivity index (χ1) is 12.3. The maximum Gasteiger partial charge on any atom is 0.231 e. The van der Waals surface area contributed by atoms with Crippen molar-refractivity contribution < 1.29 is 18.9 Å². The van der Waals surface area contributed by atoms with Gasteiger partial charge < -0.3 is 18.9 Å². The lowest BCUT2D eigenvalue weighted by molar-refractivity contribution is 0.173. The number of ether oxygens (including phenoxy) is 4. The van der Waals surface area contributed by atoms with E-state index in [0.29, 0.717) is 12.8 Å². The summed E-state index contributed by atoms with van der Waals surface area (Å²) in [6.45, 7) is 2.26. The van der Waals surface area contributed by atoms with Gasteiger partial charge in [0.1, 0.15) is 0 Å². The van der Waals surface area contributed by atoms with Crippen molar-refractivity contribution in [3.8, 4) is 23.0 Å². The number of fused-ring (bicyclic) bond motifs is 5. The zero-order chi connectivity index (χ0) is 17.0. The molecule has 0 amide bonds. The van der Waals surface area contributed by atoms with Crippen molar-refractivity contribution in [2.24, 2.45) is 0 Å². The molecule has 0 fully saturated rings. The van der Waals surface area contributed by atoms with Gasteiger partial charge in [0.05, 0.1) is 14.2 Å². The molecule has 5 heteroatoms. The number of rotatable bonds is 2. The highest BCUT2D eigenvalue weighted by molar-refractivity contribution is 5.55. The Bertz CT molecular complexity index is 848. The molecule has 0 bridgehead atoms. The number of methoxy groups -OCH3 is 2. The van der Waals surface area contributed by atoms with Crippen molar-refractivity contribution in [1.82, 2.24) is 4.90 Å². The van der Waals surface area contributed by atoms with E-state index in [1.165, 1.54) is 22.3 Å². The summed E-state index contributed by atoms with van der Waals surface area (Å²) in [5, 5.41) is 0. The predicted octanol–water partition coefficient (Wildman–Crippen LogP) is 3.09. The van der Waals surface area contributed by atoms with Crippen LogP contribution in [0.3, 0.4) is 0 Å². The fourth-order valence-electron chi connectivity index (χ4n) is 4.39. The molecule has 0 saturated heterocycles. The predicted molar refractivity (Wildman–Crippen MR) is 92.7 cm³/mol. The average Bonchev–Trinajstić information content (AvgIpc) is 3.18. The second kappa shape index (κ2) is 5.56. The van der Waals surface area contributed by atoms with Crippen LogP contribution in [0.1, 0.15) is 28.3 Å². The van der Waals surface area contributed by atoms with Crippen LogP contribution in [0.25, 0.3) is 0 Å². The molecule has 2 aromatic carbocycles. The van der Waals surface area contributed by atoms with Crippen molar-refractivity contribution in [3.63, 3.8) is 0 Å². The van der Waals surface area contributed by atoms with Crippen LogP contribution >= 0.6 is 0 Å². The molecule has 0 spiro atoms. The molecular formula is C20H21NO4. The van der Waals surface area contributed by atoms with Gasteiger partial charge in [0.2, 0.25) is 6.79 Å². The summed E-state index contributed by atoms with van der Waals surface area (Å²) in [5.41, 5.74) is 5.35. The molecule has 0 radical (unpaired) electrons. The van der Waals surface area contributed by atoms with Gasteiger partial charge in [-0.05, 0) is 47.7 Å². The van der Waals surface area contributed by atoms with Crippen molar-refractivity contribution >= 4 is 0 Å². The van der Waals surface area contributed by atoms with Crippen molar-refractivity contribution in [1.29, 1.82) is 0 Å². The van der Waals surface area contributed by atoms with Crippen LogP contribution < -0.4 is 18.9 Å². The zero-order valence-electron chi connectivity index (χ0n) is 14.5. The van der Waals surface area contributed by atoms with Crippen LogP contribution in [0.4, 0.5) is 0 Å². The van der Waals surface area contributed by atoms with Gasteiger partial charge in [-0.1, -0.05) is 6.07 Å². The van der Waals surface area contributed by atoms with E-state index in [9.17, 15) is 0 Å². The Kier molecular flexibility index (Phi) is 3.31. The third-order valence-corrected chi connectivity index (χ3v) is 5.62. The fraction of sp³-hybridized carbons (Fsp3) is 0.400. The lowest BCUT2D eigenvalue weighted by Crippen LogP contribution is -2.23. The van der Waals surface area contributed by atoms with Crippen molar-refractivity contribution in [3.05, 3.63) is 46.5 Å². The SMILES string of the molecule is COc1ccc2c(c1OC)CN1CCc3cc4c(cc3CC21)OCO4. The molecule has 5 nitrogen and oxygen atoms in total. The van der Waals surface area contributed by atoms with Crippen molar-refractivity contribution in [2.45, 2.75) is 25.4 Å². The van der Waals surface area contributed by atoms with Gasteiger partial charge in [-0.2, -0.15) is 0 Å². The molecule has 130 valence electrons. The van der Waals surface area contributed by atoms with Gasteiger partial charge in [0, 0.05) is 24.7 Å². The molecule has 0 aliphatic carbocycles. The van der Waals surface area contributed by atoms with E-state index < -0.39 is 0 Å². The molecular weight excluding hydrogens is 318 g/mol. The Morgan fingerprint density at radius 3 is 2.60 bits per heavy atom. The van der Waals surface area contributed by atoms with E-state index in [-0.39, 0.29) is 0 Å². The molecule has 25 heavy (non-hydrogen) atoms. The van der Waals surface area contributed by atoms with Gasteiger partial charge in [-0.25, -0.2) is 0 Å². The molecule has 0 saturated carbocycles. The standard InChI is InChI=1S/C20H21NO4/c1-22-17-4-3-14-15(20(17)23-2)10-21-6-5-12-8-18-19(25-11-24-18)9-13(12)7-16(14)21/h3-4,8-9,16H,5-7,10-11H2,1-2H3. The van der Waals surface area contributed by atoms with Crippen LogP contribution in [0.2, 0.25) is 0 Å². The molecule has 1 unspecified atom stereocenters. The van der Waals surface area contributed by atoms with Crippen LogP contribution in [-0.4, -0.2) is 32.5 Å². The minimum absolute atomic E-state index is 0.327. The molecule has 3 heterocycles. The summed E-state index contributed by atoms with van der Waals surface area (Å²) in [5.74, 6) is 3.44. The van der Waals surface area contributed by atoms with Gasteiger partial charge in [-0.15, -0.1) is 0 Å². The Hall–Kier alpha value is -2.40. The number of hydrogen-bond acceptors (Lipinski definition) is 5. The zero-order valence-corrected chi connectivity index (χ0v) is 14.5. The third-order valence-electron chi connectivity index (χ3n) is 5.62. The molecule has 3 aliphatic rings. The van der Waals surface area contributed by atoms with Gasteiger partial charge in [0.25, 0.3) is 0 Å². The lowest BCUT2D eigenvalue weighted by Gasteiger charge is -2.21. The number of hydrogen-bond donors (Lipinski definition) is 0. The van der Waals surface area contributed by atoms with E-state index in [1.54, 1.807) is 14.2 Å². The maximum absolute atomic E-state index is 5.66. The van der Waals surface area contributed by atoms with Gasteiger partial charge in [0.15, 0.2) is 23.0 Å². The quantitative estimate of drug-likeness (QED) is 0.841. The summed E-state index contributed by atoms with van der Waals surface area (Å²) in [6.07, 6.45) is 2.00. The Balaban J connectivity index is 1.56. The first-order valence-electron chi connectivity index (χ1n) is 8.67. The minimum atomic E-state index is 0.327. The Morgan fingerprint density at radius 1 is 1.04 bits per heavy atom. The highest BCUT2D eigenvalue weighted by Crippen LogP contribution is 2.47. The minimum Gasteiger partial charge on any atom is -0.493 e. The maximum atomic E-state index is 5.66. The van der Waals surface area contributed by atoms with Crippen LogP contribution in [0, 0.1) is 0 Å². The smallest absolute Gasteiger partial charge is 0.231 e. The van der Waals surface area contributed by atoms with Crippen LogP contribution in [0.15, 0.2) is 24.3 Å². The molecule has 5 rings (SSSR count). The largest absolute Gasteiger partial charge is 0.493 e. The topological polar surface area (TPSA) is 40.2 Å². The first kappa shape index (κ1) is 14.9. The van der Waals surface area contributed by atoms with E-state index in [1.807, 2.05) is 6.07 Å². The normalized spacial score (nSPS) is 20.5. The summed E-state index contributed by atoms with van der Waals surface area (Å²) < 4.78 is 22.3. The number of benzene rings is 2. The fourth-order valence-corrected chi connectivity index (χ4v) is 4.39. The van der Waals surface area contributed by atoms with E-state index in [2.05, 4.69) is 23.1 Å². The summed E-state index contributed by atoms with van der Waals surface area (Å²) >= 11 is 0. The average molecular weight is 339 g/mol. The van der Waals surface area contributed by atoms with E-state index in [4.69, 9.17) is 18.9 Å². The lowest BCUT2D eigenvalue weighted by atomic mass is 9.95. The van der Waals surface area contributed by atoms with E-state index in [0.717, 1.165) is 48.9 Å². The Labute approximate surface area is 147 Å². The molecule has 0 aromatic heterocycles. The second-order valence-electron chi connectivity index (χ2n) is 6.78. The summed E-state index contributed by atoms with van der Waals surface area (Å²) in [4.78, 5) is 2.54.